The number of aromatic nitrogens is 1. The number of benzene rings is 1. The Morgan fingerprint density at radius 1 is 1.17 bits per heavy atom. The lowest BCUT2D eigenvalue weighted by molar-refractivity contribution is -0.158. The van der Waals surface area contributed by atoms with Crippen molar-refractivity contribution in [2.75, 3.05) is 6.54 Å². The molecule has 2 heterocycles. The number of hydrogen-bond acceptors (Lipinski definition) is 6. The zero-order chi connectivity index (χ0) is 25.4. The number of likely N-dealkylation sites (tertiary alicyclic amines) is 1. The molecule has 1 aliphatic carbocycles. The second-order valence-corrected chi connectivity index (χ2v) is 11.7. The van der Waals surface area contributed by atoms with Gasteiger partial charge in [-0.05, 0) is 53.4 Å². The van der Waals surface area contributed by atoms with Crippen LogP contribution in [0, 0.1) is 5.41 Å². The molecule has 0 spiro atoms. The lowest BCUT2D eigenvalue weighted by atomic mass is 9.68. The van der Waals surface area contributed by atoms with E-state index >= 15 is 0 Å². The zero-order valence-corrected chi connectivity index (χ0v) is 21.5. The molecule has 3 N–H and O–H groups in total. The van der Waals surface area contributed by atoms with E-state index in [0.717, 1.165) is 17.7 Å². The van der Waals surface area contributed by atoms with Gasteiger partial charge in [0.05, 0.1) is 11.1 Å². The third kappa shape index (κ3) is 5.41. The van der Waals surface area contributed by atoms with Crippen molar-refractivity contribution in [1.29, 1.82) is 0 Å². The summed E-state index contributed by atoms with van der Waals surface area (Å²) in [6.07, 6.45) is 2.31. The maximum Gasteiger partial charge on any atom is 0.311 e. The van der Waals surface area contributed by atoms with Gasteiger partial charge in [-0.2, -0.15) is 0 Å². The number of aliphatic carboxylic acids is 1. The fourth-order valence-electron chi connectivity index (χ4n) is 5.38. The molecule has 1 saturated carbocycles. The van der Waals surface area contributed by atoms with Crippen LogP contribution in [0.3, 0.4) is 0 Å². The van der Waals surface area contributed by atoms with E-state index in [4.69, 9.17) is 0 Å². The van der Waals surface area contributed by atoms with Crippen molar-refractivity contribution in [2.45, 2.75) is 77.0 Å². The molecule has 1 aliphatic heterocycles. The monoisotopic (exact) mass is 498 g/mol. The number of thiazole rings is 1. The summed E-state index contributed by atoms with van der Waals surface area (Å²) < 4.78 is 0. The van der Waals surface area contributed by atoms with Gasteiger partial charge in [-0.3, -0.25) is 14.4 Å². The summed E-state index contributed by atoms with van der Waals surface area (Å²) in [6.45, 7) is 8.39. The molecule has 2 aliphatic rings. The van der Waals surface area contributed by atoms with Crippen molar-refractivity contribution in [3.8, 4) is 11.3 Å². The number of carbonyl (C=O) groups is 3. The summed E-state index contributed by atoms with van der Waals surface area (Å²) in [4.78, 5) is 44.7. The molecule has 2 aromatic rings. The Labute approximate surface area is 210 Å². The normalized spacial score (nSPS) is 27.1. The van der Waals surface area contributed by atoms with Crippen molar-refractivity contribution in [1.82, 2.24) is 20.5 Å². The molecule has 1 saturated heterocycles. The Bertz CT molecular complexity index is 1100. The number of carboxylic acid groups (broad SMARTS) is 1. The molecule has 2 amide bonds. The third-order valence-corrected chi connectivity index (χ3v) is 7.85. The van der Waals surface area contributed by atoms with E-state index in [1.165, 1.54) is 11.3 Å². The summed E-state index contributed by atoms with van der Waals surface area (Å²) >= 11 is 1.24. The van der Waals surface area contributed by atoms with Gasteiger partial charge in [-0.1, -0.05) is 30.3 Å². The van der Waals surface area contributed by atoms with Gasteiger partial charge in [0, 0.05) is 35.1 Å². The van der Waals surface area contributed by atoms with Crippen LogP contribution in [0.15, 0.2) is 35.7 Å². The molecule has 1 aromatic carbocycles. The SMILES string of the molecule is CC(C)(C)N[C@@H]1CC[C@H](N2CCC(NC(=O)c3nc(-c4ccccc4)cs3)C2=O)[C@](C)(C(=O)O)C1. The Kier molecular flexibility index (Phi) is 7.02. The molecule has 0 radical (unpaired) electrons. The van der Waals surface area contributed by atoms with Gasteiger partial charge in [-0.15, -0.1) is 11.3 Å². The summed E-state index contributed by atoms with van der Waals surface area (Å²) in [5.41, 5.74) is 0.468. The first-order valence-electron chi connectivity index (χ1n) is 12.1. The quantitative estimate of drug-likeness (QED) is 0.562. The van der Waals surface area contributed by atoms with Gasteiger partial charge in [-0.25, -0.2) is 4.98 Å². The minimum absolute atomic E-state index is 0.0734. The summed E-state index contributed by atoms with van der Waals surface area (Å²) in [7, 11) is 0. The van der Waals surface area contributed by atoms with E-state index in [0.29, 0.717) is 30.8 Å². The molecule has 9 heteroatoms. The van der Waals surface area contributed by atoms with E-state index in [1.807, 2.05) is 35.7 Å². The number of nitrogens with zero attached hydrogens (tertiary/aromatic N) is 2. The molecule has 1 unspecified atom stereocenters. The van der Waals surface area contributed by atoms with Crippen LogP contribution in [0.4, 0.5) is 0 Å². The summed E-state index contributed by atoms with van der Waals surface area (Å²) in [5.74, 6) is -1.48. The largest absolute Gasteiger partial charge is 0.481 e. The van der Waals surface area contributed by atoms with Crippen molar-refractivity contribution in [2.24, 2.45) is 5.41 Å². The predicted molar refractivity (Wildman–Crippen MR) is 135 cm³/mol. The second kappa shape index (κ2) is 9.70. The van der Waals surface area contributed by atoms with E-state index in [-0.39, 0.29) is 23.4 Å². The smallest absolute Gasteiger partial charge is 0.311 e. The van der Waals surface area contributed by atoms with Gasteiger partial charge in [0.1, 0.15) is 6.04 Å². The number of nitrogens with one attached hydrogen (secondary N) is 2. The highest BCUT2D eigenvalue weighted by Crippen LogP contribution is 2.41. The van der Waals surface area contributed by atoms with Crippen LogP contribution in [0.1, 0.15) is 63.2 Å². The number of carbonyl (C=O) groups excluding carboxylic acids is 2. The van der Waals surface area contributed by atoms with Gasteiger partial charge in [0.25, 0.3) is 5.91 Å². The number of carboxylic acids is 1. The van der Waals surface area contributed by atoms with Gasteiger partial charge >= 0.3 is 5.97 Å². The van der Waals surface area contributed by atoms with Gasteiger partial charge in [0.2, 0.25) is 5.91 Å². The topological polar surface area (TPSA) is 112 Å². The molecule has 8 nitrogen and oxygen atoms in total. The maximum atomic E-state index is 13.3. The first kappa shape index (κ1) is 25.3. The summed E-state index contributed by atoms with van der Waals surface area (Å²) in [6, 6.07) is 8.61. The molecule has 1 aromatic heterocycles. The van der Waals surface area contributed by atoms with Crippen molar-refractivity contribution >= 4 is 29.1 Å². The fourth-order valence-corrected chi connectivity index (χ4v) is 6.11. The van der Waals surface area contributed by atoms with Crippen LogP contribution < -0.4 is 10.6 Å². The standard InChI is InChI=1S/C26H34N4O4S/c1-25(2,3)29-17-10-11-20(26(4,14-17)24(33)34)30-13-12-18(23(30)32)27-21(31)22-28-19(15-35-22)16-8-6-5-7-9-16/h5-9,15,17-18,20,29H,10-14H2,1-4H3,(H,27,31)(H,33,34)/t17-,18?,20+,26-/m1/s1. The van der Waals surface area contributed by atoms with E-state index < -0.39 is 23.5 Å². The minimum atomic E-state index is -1.06. The second-order valence-electron chi connectivity index (χ2n) is 10.9. The Morgan fingerprint density at radius 3 is 2.54 bits per heavy atom. The Balaban J connectivity index is 1.43. The van der Waals surface area contributed by atoms with Crippen molar-refractivity contribution < 1.29 is 19.5 Å². The number of hydrogen-bond donors (Lipinski definition) is 3. The van der Waals surface area contributed by atoms with Crippen LogP contribution in [-0.4, -0.2) is 63.0 Å². The molecule has 188 valence electrons. The highest BCUT2D eigenvalue weighted by Gasteiger charge is 2.52. The average molecular weight is 499 g/mol. The maximum absolute atomic E-state index is 13.3. The molecule has 4 atom stereocenters. The van der Waals surface area contributed by atoms with E-state index in [1.54, 1.807) is 11.8 Å². The molecule has 35 heavy (non-hydrogen) atoms. The highest BCUT2D eigenvalue weighted by atomic mass is 32.1. The minimum Gasteiger partial charge on any atom is -0.481 e. The predicted octanol–water partition coefficient (Wildman–Crippen LogP) is 3.54. The first-order valence-corrected chi connectivity index (χ1v) is 13.0. The lowest BCUT2D eigenvalue weighted by Gasteiger charge is -2.47. The average Bonchev–Trinajstić information content (AvgIpc) is 3.41. The zero-order valence-electron chi connectivity index (χ0n) is 20.7. The van der Waals surface area contributed by atoms with Crippen LogP contribution >= 0.6 is 11.3 Å². The fraction of sp³-hybridized carbons (Fsp3) is 0.538. The van der Waals surface area contributed by atoms with Crippen LogP contribution in [-0.2, 0) is 9.59 Å². The molecule has 4 rings (SSSR count). The van der Waals surface area contributed by atoms with Gasteiger partial charge < -0.3 is 20.6 Å². The van der Waals surface area contributed by atoms with Crippen LogP contribution in [0.25, 0.3) is 11.3 Å². The van der Waals surface area contributed by atoms with E-state index in [2.05, 4.69) is 36.4 Å². The first-order chi connectivity index (χ1) is 16.5. The Morgan fingerprint density at radius 2 is 1.89 bits per heavy atom. The van der Waals surface area contributed by atoms with E-state index in [9.17, 15) is 19.5 Å². The number of amides is 2. The third-order valence-electron chi connectivity index (χ3n) is 7.01. The molecule has 0 bridgehead atoms. The summed E-state index contributed by atoms with van der Waals surface area (Å²) in [5, 5.41) is 18.6. The molecule has 2 fully saturated rings. The van der Waals surface area contributed by atoms with Gasteiger partial charge in [0.15, 0.2) is 5.01 Å². The Hall–Kier alpha value is -2.78. The highest BCUT2D eigenvalue weighted by molar-refractivity contribution is 7.12. The van der Waals surface area contributed by atoms with Crippen LogP contribution in [0.5, 0.6) is 0 Å². The molecular formula is C26H34N4O4S. The van der Waals surface area contributed by atoms with Crippen molar-refractivity contribution in [3.05, 3.63) is 40.7 Å². The number of rotatable bonds is 6. The molecular weight excluding hydrogens is 464 g/mol. The van der Waals surface area contributed by atoms with Crippen molar-refractivity contribution in [3.63, 3.8) is 0 Å². The lowest BCUT2D eigenvalue weighted by Crippen LogP contribution is -2.59. The van der Waals surface area contributed by atoms with Crippen LogP contribution in [0.2, 0.25) is 0 Å².